The van der Waals surface area contributed by atoms with Gasteiger partial charge in [0, 0.05) is 12.2 Å². The van der Waals surface area contributed by atoms with Crippen molar-refractivity contribution in [2.45, 2.75) is 39.2 Å². The third-order valence-corrected chi connectivity index (χ3v) is 3.31. The molecule has 0 aromatic carbocycles. The normalized spacial score (nSPS) is 22.4. The van der Waals surface area contributed by atoms with E-state index in [1.807, 2.05) is 0 Å². The molecule has 92 valence electrons. The van der Waals surface area contributed by atoms with E-state index in [1.165, 1.54) is 12.3 Å². The van der Waals surface area contributed by atoms with Gasteiger partial charge in [0.25, 0.3) is 5.91 Å². The van der Waals surface area contributed by atoms with Gasteiger partial charge in [0.15, 0.2) is 0 Å². The van der Waals surface area contributed by atoms with Crippen molar-refractivity contribution in [1.82, 2.24) is 10.3 Å². The predicted molar refractivity (Wildman–Crippen MR) is 63.1 cm³/mol. The van der Waals surface area contributed by atoms with E-state index in [-0.39, 0.29) is 22.9 Å². The third kappa shape index (κ3) is 2.81. The fourth-order valence-corrected chi connectivity index (χ4v) is 2.38. The van der Waals surface area contributed by atoms with Crippen molar-refractivity contribution in [3.8, 4) is 0 Å². The Bertz CT molecular complexity index is 431. The highest BCUT2D eigenvalue weighted by Gasteiger charge is 2.32. The number of amides is 1. The number of aromatic nitrogens is 1. The zero-order valence-corrected chi connectivity index (χ0v) is 10.2. The summed E-state index contributed by atoms with van der Waals surface area (Å²) in [6.45, 7) is 4.37. The summed E-state index contributed by atoms with van der Waals surface area (Å²) in [5.41, 5.74) is 0.294. The highest BCUT2D eigenvalue weighted by molar-refractivity contribution is 5.94. The van der Waals surface area contributed by atoms with Crippen LogP contribution in [0.15, 0.2) is 18.3 Å². The number of hydrogen-bond acceptors (Lipinski definition) is 2. The Labute approximate surface area is 100 Å². The first kappa shape index (κ1) is 12.0. The third-order valence-electron chi connectivity index (χ3n) is 3.31. The predicted octanol–water partition coefficient (Wildman–Crippen LogP) is 2.53. The van der Waals surface area contributed by atoms with Crippen LogP contribution in [0, 0.1) is 11.4 Å². The number of nitrogens with one attached hydrogen (secondary N) is 1. The number of hydrogen-bond donors (Lipinski definition) is 1. The number of nitrogens with zero attached hydrogens (tertiary/aromatic N) is 1. The van der Waals surface area contributed by atoms with Crippen LogP contribution in [0.2, 0.25) is 0 Å². The van der Waals surface area contributed by atoms with Crippen molar-refractivity contribution in [3.05, 3.63) is 29.8 Å². The van der Waals surface area contributed by atoms with Gasteiger partial charge in [0.1, 0.15) is 0 Å². The molecule has 0 radical (unpaired) electrons. The Hall–Kier alpha value is -1.45. The molecule has 3 nitrogen and oxygen atoms in total. The molecular formula is C13H17FN2O. The summed E-state index contributed by atoms with van der Waals surface area (Å²) in [7, 11) is 0. The number of halogens is 1. The Kier molecular flexibility index (Phi) is 3.13. The molecule has 1 heterocycles. The molecule has 1 aliphatic rings. The average molecular weight is 236 g/mol. The van der Waals surface area contributed by atoms with Crippen LogP contribution in [0.1, 0.15) is 43.5 Å². The van der Waals surface area contributed by atoms with Gasteiger partial charge in [-0.3, -0.25) is 4.79 Å². The lowest BCUT2D eigenvalue weighted by atomic mass is 9.92. The second-order valence-electron chi connectivity index (χ2n) is 5.42. The highest BCUT2D eigenvalue weighted by Crippen LogP contribution is 2.36. The molecule has 17 heavy (non-hydrogen) atoms. The van der Waals surface area contributed by atoms with Crippen LogP contribution in [-0.2, 0) is 0 Å². The number of pyridine rings is 1. The quantitative estimate of drug-likeness (QED) is 0.802. The fourth-order valence-electron chi connectivity index (χ4n) is 2.38. The van der Waals surface area contributed by atoms with E-state index in [0.29, 0.717) is 0 Å². The lowest BCUT2D eigenvalue weighted by molar-refractivity contribution is 0.0931. The van der Waals surface area contributed by atoms with E-state index in [0.717, 1.165) is 19.3 Å². The van der Waals surface area contributed by atoms with Gasteiger partial charge in [-0.1, -0.05) is 13.8 Å². The molecule has 1 saturated carbocycles. The first-order chi connectivity index (χ1) is 7.98. The molecule has 1 unspecified atom stereocenters. The summed E-state index contributed by atoms with van der Waals surface area (Å²) in [4.78, 5) is 15.3. The van der Waals surface area contributed by atoms with Crippen molar-refractivity contribution < 1.29 is 9.18 Å². The Balaban J connectivity index is 2.01. The average Bonchev–Trinajstić information content (AvgIpc) is 2.58. The van der Waals surface area contributed by atoms with Crippen molar-refractivity contribution in [1.29, 1.82) is 0 Å². The topological polar surface area (TPSA) is 42.0 Å². The van der Waals surface area contributed by atoms with E-state index in [4.69, 9.17) is 0 Å². The van der Waals surface area contributed by atoms with E-state index < -0.39 is 5.95 Å². The maximum Gasteiger partial charge on any atom is 0.256 e. The van der Waals surface area contributed by atoms with Gasteiger partial charge in [-0.25, -0.2) is 4.98 Å². The van der Waals surface area contributed by atoms with Crippen molar-refractivity contribution in [3.63, 3.8) is 0 Å². The molecule has 1 atom stereocenters. The second kappa shape index (κ2) is 4.43. The smallest absolute Gasteiger partial charge is 0.256 e. The Morgan fingerprint density at radius 3 is 2.94 bits per heavy atom. The van der Waals surface area contributed by atoms with E-state index in [9.17, 15) is 9.18 Å². The van der Waals surface area contributed by atoms with Gasteiger partial charge in [-0.15, -0.1) is 0 Å². The van der Waals surface area contributed by atoms with E-state index in [2.05, 4.69) is 24.1 Å². The zero-order valence-electron chi connectivity index (χ0n) is 10.2. The van der Waals surface area contributed by atoms with E-state index in [1.54, 1.807) is 6.07 Å². The molecule has 0 aliphatic heterocycles. The molecule has 4 heteroatoms. The van der Waals surface area contributed by atoms with Gasteiger partial charge in [-0.05, 0) is 36.8 Å². The first-order valence-corrected chi connectivity index (χ1v) is 5.89. The molecule has 1 fully saturated rings. The lowest BCUT2D eigenvalue weighted by Gasteiger charge is -2.17. The molecular weight excluding hydrogens is 219 g/mol. The molecule has 0 saturated heterocycles. The largest absolute Gasteiger partial charge is 0.349 e. The van der Waals surface area contributed by atoms with Gasteiger partial charge >= 0.3 is 0 Å². The molecule has 1 amide bonds. The second-order valence-corrected chi connectivity index (χ2v) is 5.42. The minimum Gasteiger partial charge on any atom is -0.349 e. The van der Waals surface area contributed by atoms with Crippen molar-refractivity contribution >= 4 is 5.91 Å². The van der Waals surface area contributed by atoms with Crippen molar-refractivity contribution in [2.75, 3.05) is 0 Å². The fraction of sp³-hybridized carbons (Fsp3) is 0.538. The maximum absolute atomic E-state index is 13.3. The molecule has 1 aromatic heterocycles. The van der Waals surface area contributed by atoms with Crippen LogP contribution < -0.4 is 5.32 Å². The van der Waals surface area contributed by atoms with Crippen LogP contribution in [-0.4, -0.2) is 16.9 Å². The van der Waals surface area contributed by atoms with E-state index >= 15 is 0 Å². The SMILES string of the molecule is CC1(C)CCC(NC(=O)c2cccnc2F)C1. The highest BCUT2D eigenvalue weighted by atomic mass is 19.1. The standard InChI is InChI=1S/C13H17FN2O/c1-13(2)6-5-9(8-13)16-12(17)10-4-3-7-15-11(10)14/h3-4,7,9H,5-6,8H2,1-2H3,(H,16,17). The van der Waals surface area contributed by atoms with Gasteiger partial charge in [-0.2, -0.15) is 4.39 Å². The molecule has 1 aliphatic carbocycles. The number of carbonyl (C=O) groups excluding carboxylic acids is 1. The lowest BCUT2D eigenvalue weighted by Crippen LogP contribution is -2.34. The maximum atomic E-state index is 13.3. The molecule has 1 aromatic rings. The Morgan fingerprint density at radius 1 is 1.59 bits per heavy atom. The summed E-state index contributed by atoms with van der Waals surface area (Å²) in [6.07, 6.45) is 4.33. The summed E-state index contributed by atoms with van der Waals surface area (Å²) in [5, 5.41) is 2.87. The monoisotopic (exact) mass is 236 g/mol. The minimum atomic E-state index is -0.706. The minimum absolute atomic E-state index is 0.0252. The van der Waals surface area contributed by atoms with Gasteiger partial charge < -0.3 is 5.32 Å². The molecule has 0 bridgehead atoms. The zero-order chi connectivity index (χ0) is 12.5. The van der Waals surface area contributed by atoms with Gasteiger partial charge in [0.05, 0.1) is 5.56 Å². The summed E-state index contributed by atoms with van der Waals surface area (Å²) < 4.78 is 13.3. The Morgan fingerprint density at radius 2 is 2.35 bits per heavy atom. The summed E-state index contributed by atoms with van der Waals surface area (Å²) in [6, 6.07) is 3.17. The summed E-state index contributed by atoms with van der Waals surface area (Å²) in [5.74, 6) is -1.07. The van der Waals surface area contributed by atoms with Crippen LogP contribution >= 0.6 is 0 Å². The van der Waals surface area contributed by atoms with Crippen LogP contribution in [0.5, 0.6) is 0 Å². The van der Waals surface area contributed by atoms with Crippen molar-refractivity contribution in [2.24, 2.45) is 5.41 Å². The first-order valence-electron chi connectivity index (χ1n) is 5.89. The number of rotatable bonds is 2. The molecule has 0 spiro atoms. The van der Waals surface area contributed by atoms with Crippen LogP contribution in [0.4, 0.5) is 4.39 Å². The summed E-state index contributed by atoms with van der Waals surface area (Å²) >= 11 is 0. The van der Waals surface area contributed by atoms with Gasteiger partial charge in [0.2, 0.25) is 5.95 Å². The molecule has 2 rings (SSSR count). The van der Waals surface area contributed by atoms with Crippen LogP contribution in [0.3, 0.4) is 0 Å². The molecule has 1 N–H and O–H groups in total. The van der Waals surface area contributed by atoms with Crippen LogP contribution in [0.25, 0.3) is 0 Å². The number of carbonyl (C=O) groups is 1.